The highest BCUT2D eigenvalue weighted by molar-refractivity contribution is 5.97. The molecule has 1 amide bonds. The number of para-hydroxylation sites is 2. The number of ether oxygens (including phenoxy) is 1. The van der Waals surface area contributed by atoms with E-state index in [1.54, 1.807) is 24.3 Å². The van der Waals surface area contributed by atoms with Gasteiger partial charge in [0.05, 0.1) is 5.56 Å². The lowest BCUT2D eigenvalue weighted by Crippen LogP contribution is -2.29. The van der Waals surface area contributed by atoms with Crippen molar-refractivity contribution in [3.63, 3.8) is 0 Å². The molecule has 0 radical (unpaired) electrons. The van der Waals surface area contributed by atoms with E-state index in [0.717, 1.165) is 33.3 Å². The summed E-state index contributed by atoms with van der Waals surface area (Å²) in [6, 6.07) is 29.9. The third-order valence-electron chi connectivity index (χ3n) is 6.71. The first kappa shape index (κ1) is 25.1. The van der Waals surface area contributed by atoms with Crippen molar-refractivity contribution in [3.05, 3.63) is 131 Å². The molecule has 1 heterocycles. The van der Waals surface area contributed by atoms with Crippen LogP contribution in [0.1, 0.15) is 33.0 Å². The number of nitrogens with one attached hydrogen (secondary N) is 2. The number of carbonyl (C=O) groups is 1. The van der Waals surface area contributed by atoms with Crippen LogP contribution in [0.25, 0.3) is 10.9 Å². The minimum Gasteiger partial charge on any atom is -0.488 e. The quantitative estimate of drug-likeness (QED) is 0.239. The number of aromatic nitrogens is 1. The Hall–Kier alpha value is -4.58. The highest BCUT2D eigenvalue weighted by atomic mass is 19.1. The number of benzene rings is 4. The molecule has 6 heteroatoms. The lowest BCUT2D eigenvalue weighted by molar-refractivity contribution is 0.0948. The van der Waals surface area contributed by atoms with Crippen LogP contribution < -0.4 is 15.0 Å². The predicted octanol–water partition coefficient (Wildman–Crippen LogP) is 6.51. The Morgan fingerprint density at radius 3 is 2.39 bits per heavy atom. The Labute approximate surface area is 221 Å². The van der Waals surface area contributed by atoms with Crippen molar-refractivity contribution in [1.29, 1.82) is 0 Å². The highest BCUT2D eigenvalue weighted by Gasteiger charge is 2.21. The second-order valence-electron chi connectivity index (χ2n) is 9.45. The number of carbonyl (C=O) groups excluding carboxylic acids is 1. The van der Waals surface area contributed by atoms with Crippen LogP contribution in [0.2, 0.25) is 0 Å². The Bertz CT molecular complexity index is 1520. The van der Waals surface area contributed by atoms with Crippen LogP contribution in [0.5, 0.6) is 5.75 Å². The summed E-state index contributed by atoms with van der Waals surface area (Å²) in [4.78, 5) is 18.8. The Kier molecular flexibility index (Phi) is 7.40. The molecule has 0 unspecified atom stereocenters. The Morgan fingerprint density at radius 2 is 1.63 bits per heavy atom. The van der Waals surface area contributed by atoms with Gasteiger partial charge >= 0.3 is 0 Å². The molecule has 0 spiro atoms. The molecule has 192 valence electrons. The number of hydrogen-bond donors (Lipinski definition) is 2. The molecule has 1 atom stereocenters. The molecule has 0 saturated carbocycles. The van der Waals surface area contributed by atoms with Crippen molar-refractivity contribution in [1.82, 2.24) is 10.3 Å². The van der Waals surface area contributed by atoms with Gasteiger partial charge in [-0.2, -0.15) is 0 Å². The first-order valence-corrected chi connectivity index (χ1v) is 12.6. The fourth-order valence-electron chi connectivity index (χ4n) is 4.61. The van der Waals surface area contributed by atoms with Crippen LogP contribution in [-0.4, -0.2) is 31.5 Å². The summed E-state index contributed by atoms with van der Waals surface area (Å²) < 4.78 is 19.2. The molecule has 2 N–H and O–H groups in total. The molecule has 5 rings (SSSR count). The average Bonchev–Trinajstić information content (AvgIpc) is 3.37. The number of halogens is 1. The zero-order chi connectivity index (χ0) is 26.5. The maximum Gasteiger partial charge on any atom is 0.255 e. The fourth-order valence-corrected chi connectivity index (χ4v) is 4.61. The summed E-state index contributed by atoms with van der Waals surface area (Å²) in [7, 11) is 4.03. The monoisotopic (exact) mass is 507 g/mol. The highest BCUT2D eigenvalue weighted by Crippen LogP contribution is 2.32. The minimum absolute atomic E-state index is 0.0568. The molecule has 0 aliphatic heterocycles. The van der Waals surface area contributed by atoms with Gasteiger partial charge in [0.15, 0.2) is 0 Å². The molecule has 1 aromatic heterocycles. The summed E-state index contributed by atoms with van der Waals surface area (Å²) >= 11 is 0. The average molecular weight is 508 g/mol. The van der Waals surface area contributed by atoms with Crippen LogP contribution in [0.3, 0.4) is 0 Å². The lowest BCUT2D eigenvalue weighted by Gasteiger charge is -2.20. The SMILES string of the molecule is CN(C)c1ccc([C@@H](CNC(=O)c2ccccc2OCc2ccc(F)cc2)c2c[nH]c3ccccc23)cc1. The standard InChI is InChI=1S/C32H30FN3O2/c1-36(2)25-17-13-23(14-18-25)28(29-20-34-30-9-5-3-7-26(29)30)19-35-32(37)27-8-4-6-10-31(27)38-21-22-11-15-24(33)16-12-22/h3-18,20,28,34H,19,21H2,1-2H3,(H,35,37)/t28-/m1/s1. The summed E-state index contributed by atoms with van der Waals surface area (Å²) in [5.41, 5.74) is 5.68. The molecule has 5 nitrogen and oxygen atoms in total. The zero-order valence-corrected chi connectivity index (χ0v) is 21.4. The van der Waals surface area contributed by atoms with E-state index in [-0.39, 0.29) is 24.2 Å². The second kappa shape index (κ2) is 11.2. The molecule has 0 bridgehead atoms. The topological polar surface area (TPSA) is 57.4 Å². The number of anilines is 1. The summed E-state index contributed by atoms with van der Waals surface area (Å²) in [5.74, 6) is -0.0870. The molecule has 0 aliphatic rings. The normalized spacial score (nSPS) is 11.8. The van der Waals surface area contributed by atoms with Crippen LogP contribution >= 0.6 is 0 Å². The van der Waals surface area contributed by atoms with Gasteiger partial charge in [0.25, 0.3) is 5.91 Å². The van der Waals surface area contributed by atoms with Crippen molar-refractivity contribution in [3.8, 4) is 5.75 Å². The molecular formula is C32H30FN3O2. The van der Waals surface area contributed by atoms with E-state index in [9.17, 15) is 9.18 Å². The molecule has 0 saturated heterocycles. The predicted molar refractivity (Wildman–Crippen MR) is 150 cm³/mol. The smallest absolute Gasteiger partial charge is 0.255 e. The summed E-state index contributed by atoms with van der Waals surface area (Å²) in [6.45, 7) is 0.648. The van der Waals surface area contributed by atoms with Gasteiger partial charge < -0.3 is 19.9 Å². The molecule has 0 fully saturated rings. The second-order valence-corrected chi connectivity index (χ2v) is 9.45. The van der Waals surface area contributed by atoms with E-state index >= 15 is 0 Å². The number of nitrogens with zero attached hydrogens (tertiary/aromatic N) is 1. The third kappa shape index (κ3) is 5.54. The summed E-state index contributed by atoms with van der Waals surface area (Å²) in [6.07, 6.45) is 2.03. The minimum atomic E-state index is -0.297. The number of fused-ring (bicyclic) bond motifs is 1. The van der Waals surface area contributed by atoms with E-state index in [4.69, 9.17) is 4.74 Å². The Morgan fingerprint density at radius 1 is 0.921 bits per heavy atom. The van der Waals surface area contributed by atoms with E-state index < -0.39 is 0 Å². The van der Waals surface area contributed by atoms with Crippen molar-refractivity contribution < 1.29 is 13.9 Å². The lowest BCUT2D eigenvalue weighted by atomic mass is 9.90. The summed E-state index contributed by atoms with van der Waals surface area (Å²) in [5, 5.41) is 4.27. The van der Waals surface area contributed by atoms with Crippen LogP contribution in [0, 0.1) is 5.82 Å². The van der Waals surface area contributed by atoms with Gasteiger partial charge in [-0.25, -0.2) is 4.39 Å². The van der Waals surface area contributed by atoms with Crippen molar-refractivity contribution in [2.75, 3.05) is 25.5 Å². The first-order valence-electron chi connectivity index (χ1n) is 12.6. The largest absolute Gasteiger partial charge is 0.488 e. The molecule has 5 aromatic rings. The van der Waals surface area contributed by atoms with E-state index in [2.05, 4.69) is 51.6 Å². The van der Waals surface area contributed by atoms with Gasteiger partial charge in [0.1, 0.15) is 18.2 Å². The number of amides is 1. The van der Waals surface area contributed by atoms with E-state index in [1.165, 1.54) is 12.1 Å². The van der Waals surface area contributed by atoms with Crippen LogP contribution in [0.4, 0.5) is 10.1 Å². The number of H-pyrrole nitrogens is 1. The molecule has 38 heavy (non-hydrogen) atoms. The van der Waals surface area contributed by atoms with Gasteiger partial charge in [-0.3, -0.25) is 4.79 Å². The van der Waals surface area contributed by atoms with Gasteiger partial charge in [-0.15, -0.1) is 0 Å². The van der Waals surface area contributed by atoms with E-state index in [1.807, 2.05) is 44.6 Å². The Balaban J connectivity index is 1.37. The maximum atomic E-state index is 13.4. The molecule has 0 aliphatic carbocycles. The van der Waals surface area contributed by atoms with Gasteiger partial charge in [0, 0.05) is 49.3 Å². The van der Waals surface area contributed by atoms with Crippen LogP contribution in [-0.2, 0) is 6.61 Å². The van der Waals surface area contributed by atoms with Crippen molar-refractivity contribution >= 4 is 22.5 Å². The van der Waals surface area contributed by atoms with Gasteiger partial charge in [-0.05, 0) is 59.2 Å². The number of rotatable bonds is 9. The maximum absolute atomic E-state index is 13.4. The first-order chi connectivity index (χ1) is 18.5. The van der Waals surface area contributed by atoms with Crippen LogP contribution in [0.15, 0.2) is 103 Å². The van der Waals surface area contributed by atoms with Gasteiger partial charge in [0.2, 0.25) is 0 Å². The van der Waals surface area contributed by atoms with Crippen molar-refractivity contribution in [2.45, 2.75) is 12.5 Å². The fraction of sp³-hybridized carbons (Fsp3) is 0.156. The zero-order valence-electron chi connectivity index (χ0n) is 21.4. The van der Waals surface area contributed by atoms with E-state index in [0.29, 0.717) is 17.9 Å². The third-order valence-corrected chi connectivity index (χ3v) is 6.71. The van der Waals surface area contributed by atoms with Crippen molar-refractivity contribution in [2.24, 2.45) is 0 Å². The molecular weight excluding hydrogens is 477 g/mol. The molecule has 4 aromatic carbocycles. The number of aromatic amines is 1. The van der Waals surface area contributed by atoms with Gasteiger partial charge in [-0.1, -0.05) is 54.6 Å². The number of hydrogen-bond acceptors (Lipinski definition) is 3.